The Bertz CT molecular complexity index is 512. The monoisotopic (exact) mass is 248 g/mol. The van der Waals surface area contributed by atoms with Gasteiger partial charge in [0.25, 0.3) is 0 Å². The highest BCUT2D eigenvalue weighted by atomic mass is 16.5. The summed E-state index contributed by atoms with van der Waals surface area (Å²) in [7, 11) is 0. The molecule has 0 atom stereocenters. The van der Waals surface area contributed by atoms with Gasteiger partial charge in [-0.15, -0.1) is 0 Å². The summed E-state index contributed by atoms with van der Waals surface area (Å²) in [6.07, 6.45) is 0. The number of rotatable bonds is 5. The molecule has 4 nitrogen and oxygen atoms in total. The van der Waals surface area contributed by atoms with Gasteiger partial charge in [0.2, 0.25) is 0 Å². The van der Waals surface area contributed by atoms with E-state index < -0.39 is 0 Å². The highest BCUT2D eigenvalue weighted by Gasteiger charge is 2.12. The fraction of sp³-hybridized carbons (Fsp3) is 0.500. The molecule has 0 aliphatic rings. The molecule has 0 radical (unpaired) electrons. The third-order valence-corrected chi connectivity index (χ3v) is 2.72. The van der Waals surface area contributed by atoms with Crippen molar-refractivity contribution in [1.82, 2.24) is 10.5 Å². The fourth-order valence-electron chi connectivity index (χ4n) is 1.89. The Morgan fingerprint density at radius 1 is 1.28 bits per heavy atom. The average Bonchev–Trinajstić information content (AvgIpc) is 2.85. The van der Waals surface area contributed by atoms with Gasteiger partial charge in [0.05, 0.1) is 11.3 Å². The van der Waals surface area contributed by atoms with Crippen molar-refractivity contribution in [2.75, 3.05) is 6.54 Å². The molecule has 4 heteroatoms. The van der Waals surface area contributed by atoms with Crippen molar-refractivity contribution >= 4 is 0 Å². The first kappa shape index (κ1) is 12.9. The molecule has 0 bridgehead atoms. The van der Waals surface area contributed by atoms with Gasteiger partial charge in [-0.05, 0) is 32.4 Å². The number of aromatic nitrogens is 1. The van der Waals surface area contributed by atoms with Crippen molar-refractivity contribution in [1.29, 1.82) is 0 Å². The molecule has 0 saturated heterocycles. The maximum atomic E-state index is 5.49. The lowest BCUT2D eigenvalue weighted by molar-refractivity contribution is 0.416. The van der Waals surface area contributed by atoms with Gasteiger partial charge in [-0.3, -0.25) is 0 Å². The van der Waals surface area contributed by atoms with Crippen LogP contribution in [0, 0.1) is 19.8 Å². The van der Waals surface area contributed by atoms with E-state index in [-0.39, 0.29) is 0 Å². The van der Waals surface area contributed by atoms with Crippen LogP contribution in [0.15, 0.2) is 21.1 Å². The molecule has 2 aromatic heterocycles. The van der Waals surface area contributed by atoms with E-state index in [1.54, 1.807) is 0 Å². The van der Waals surface area contributed by atoms with E-state index in [1.807, 2.05) is 26.0 Å². The zero-order valence-corrected chi connectivity index (χ0v) is 11.4. The van der Waals surface area contributed by atoms with Crippen LogP contribution in [0.3, 0.4) is 0 Å². The molecule has 2 rings (SSSR count). The summed E-state index contributed by atoms with van der Waals surface area (Å²) in [6.45, 7) is 9.93. The molecule has 0 aliphatic heterocycles. The number of furan rings is 1. The van der Waals surface area contributed by atoms with Crippen LogP contribution in [-0.2, 0) is 6.54 Å². The Balaban J connectivity index is 2.04. The maximum absolute atomic E-state index is 5.49. The summed E-state index contributed by atoms with van der Waals surface area (Å²) in [5.74, 6) is 3.16. The molecule has 2 aromatic rings. The first-order valence-electron chi connectivity index (χ1n) is 6.30. The van der Waals surface area contributed by atoms with Gasteiger partial charge in [0.1, 0.15) is 11.5 Å². The van der Waals surface area contributed by atoms with E-state index in [1.165, 1.54) is 0 Å². The lowest BCUT2D eigenvalue weighted by Gasteiger charge is -2.03. The van der Waals surface area contributed by atoms with Crippen molar-refractivity contribution in [2.24, 2.45) is 5.92 Å². The molecule has 1 N–H and O–H groups in total. The zero-order chi connectivity index (χ0) is 13.1. The van der Waals surface area contributed by atoms with Gasteiger partial charge in [-0.2, -0.15) is 0 Å². The topological polar surface area (TPSA) is 51.2 Å². The summed E-state index contributed by atoms with van der Waals surface area (Å²) < 4.78 is 10.8. The summed E-state index contributed by atoms with van der Waals surface area (Å²) in [5, 5.41) is 7.40. The second-order valence-electron chi connectivity index (χ2n) is 5.03. The average molecular weight is 248 g/mol. The van der Waals surface area contributed by atoms with Crippen LogP contribution in [0.5, 0.6) is 0 Å². The van der Waals surface area contributed by atoms with Crippen LogP contribution in [0.1, 0.15) is 31.1 Å². The quantitative estimate of drug-likeness (QED) is 0.882. The molecule has 0 unspecified atom stereocenters. The predicted molar refractivity (Wildman–Crippen MR) is 70.2 cm³/mol. The first-order valence-corrected chi connectivity index (χ1v) is 6.30. The van der Waals surface area contributed by atoms with Crippen molar-refractivity contribution in [3.63, 3.8) is 0 Å². The molecule has 0 fully saturated rings. The van der Waals surface area contributed by atoms with Crippen molar-refractivity contribution < 1.29 is 8.94 Å². The normalized spacial score (nSPS) is 11.4. The third kappa shape index (κ3) is 3.01. The molecule has 0 spiro atoms. The largest absolute Gasteiger partial charge is 0.466 e. The minimum absolute atomic E-state index is 0.634. The molecule has 0 aliphatic carbocycles. The molecule has 18 heavy (non-hydrogen) atoms. The summed E-state index contributed by atoms with van der Waals surface area (Å²) >= 11 is 0. The SMILES string of the molecule is Cc1cc(-c2cc(CNCC(C)C)no2)c(C)o1. The third-order valence-electron chi connectivity index (χ3n) is 2.72. The number of nitrogens with zero attached hydrogens (tertiary/aromatic N) is 1. The first-order chi connectivity index (χ1) is 8.56. The predicted octanol–water partition coefficient (Wildman–Crippen LogP) is 3.30. The highest BCUT2D eigenvalue weighted by Crippen LogP contribution is 2.26. The Kier molecular flexibility index (Phi) is 3.87. The molecule has 0 aromatic carbocycles. The van der Waals surface area contributed by atoms with E-state index in [0.29, 0.717) is 5.92 Å². The minimum Gasteiger partial charge on any atom is -0.466 e. The smallest absolute Gasteiger partial charge is 0.170 e. The van der Waals surface area contributed by atoms with Gasteiger partial charge in [0, 0.05) is 12.6 Å². The van der Waals surface area contributed by atoms with Crippen LogP contribution >= 0.6 is 0 Å². The Morgan fingerprint density at radius 2 is 2.06 bits per heavy atom. The Labute approximate surface area is 107 Å². The molecular formula is C14H20N2O2. The second kappa shape index (κ2) is 5.40. The van der Waals surface area contributed by atoms with E-state index >= 15 is 0 Å². The van der Waals surface area contributed by atoms with Crippen LogP contribution in [0.25, 0.3) is 11.3 Å². The van der Waals surface area contributed by atoms with Crippen molar-refractivity contribution in [3.05, 3.63) is 29.3 Å². The number of aryl methyl sites for hydroxylation is 2. The van der Waals surface area contributed by atoms with Gasteiger partial charge in [0.15, 0.2) is 5.76 Å². The van der Waals surface area contributed by atoms with Crippen LogP contribution in [0.2, 0.25) is 0 Å². The van der Waals surface area contributed by atoms with E-state index in [4.69, 9.17) is 8.94 Å². The van der Waals surface area contributed by atoms with Crippen LogP contribution in [-0.4, -0.2) is 11.7 Å². The Hall–Kier alpha value is -1.55. The van der Waals surface area contributed by atoms with Crippen molar-refractivity contribution in [3.8, 4) is 11.3 Å². The van der Waals surface area contributed by atoms with Gasteiger partial charge >= 0.3 is 0 Å². The molecular weight excluding hydrogens is 228 g/mol. The maximum Gasteiger partial charge on any atom is 0.170 e. The molecule has 0 saturated carbocycles. The minimum atomic E-state index is 0.634. The van der Waals surface area contributed by atoms with Crippen LogP contribution < -0.4 is 5.32 Å². The lowest BCUT2D eigenvalue weighted by Crippen LogP contribution is -2.18. The standard InChI is InChI=1S/C14H20N2O2/c1-9(2)7-15-8-12-6-14(18-16-12)13-5-10(3)17-11(13)4/h5-6,9,15H,7-8H2,1-4H3. The number of hydrogen-bond donors (Lipinski definition) is 1. The zero-order valence-electron chi connectivity index (χ0n) is 11.4. The van der Waals surface area contributed by atoms with Gasteiger partial charge in [-0.25, -0.2) is 0 Å². The fourth-order valence-corrected chi connectivity index (χ4v) is 1.89. The summed E-state index contributed by atoms with van der Waals surface area (Å²) in [6, 6.07) is 3.94. The molecule has 0 amide bonds. The lowest BCUT2D eigenvalue weighted by atomic mass is 10.2. The van der Waals surface area contributed by atoms with Gasteiger partial charge < -0.3 is 14.3 Å². The summed E-state index contributed by atoms with van der Waals surface area (Å²) in [4.78, 5) is 0. The van der Waals surface area contributed by atoms with E-state index in [0.717, 1.165) is 41.6 Å². The Morgan fingerprint density at radius 3 is 2.67 bits per heavy atom. The van der Waals surface area contributed by atoms with E-state index in [9.17, 15) is 0 Å². The molecule has 2 heterocycles. The van der Waals surface area contributed by atoms with Crippen LogP contribution in [0.4, 0.5) is 0 Å². The van der Waals surface area contributed by atoms with E-state index in [2.05, 4.69) is 24.3 Å². The molecule has 98 valence electrons. The van der Waals surface area contributed by atoms with Gasteiger partial charge in [-0.1, -0.05) is 19.0 Å². The van der Waals surface area contributed by atoms with Crippen molar-refractivity contribution in [2.45, 2.75) is 34.2 Å². The number of nitrogens with one attached hydrogen (secondary N) is 1. The highest BCUT2D eigenvalue weighted by molar-refractivity contribution is 5.60. The number of hydrogen-bond acceptors (Lipinski definition) is 4. The summed E-state index contributed by atoms with van der Waals surface area (Å²) in [5.41, 5.74) is 1.90. The second-order valence-corrected chi connectivity index (χ2v) is 5.03.